The highest BCUT2D eigenvalue weighted by Crippen LogP contribution is 2.36. The molecule has 0 radical (unpaired) electrons. The smallest absolute Gasteiger partial charge is 0.148 e. The van der Waals surface area contributed by atoms with Gasteiger partial charge in [-0.3, -0.25) is 0 Å². The van der Waals surface area contributed by atoms with Crippen LogP contribution in [-0.2, 0) is 0 Å². The average molecular weight is 252 g/mol. The minimum absolute atomic E-state index is 0.0513. The molecule has 0 heterocycles. The topological polar surface area (TPSA) is 58.3 Å². The maximum atomic E-state index is 13.4. The van der Waals surface area contributed by atoms with E-state index in [0.717, 1.165) is 25.7 Å². The van der Waals surface area contributed by atoms with Crippen LogP contribution < -0.4 is 11.1 Å². The number of hydrogen-bond donors (Lipinski definition) is 3. The summed E-state index contributed by atoms with van der Waals surface area (Å²) in [5, 5.41) is 12.9. The van der Waals surface area contributed by atoms with Crippen molar-refractivity contribution >= 4 is 11.4 Å². The van der Waals surface area contributed by atoms with E-state index < -0.39 is 5.82 Å². The predicted molar refractivity (Wildman–Crippen MR) is 71.9 cm³/mol. The van der Waals surface area contributed by atoms with Gasteiger partial charge in [0, 0.05) is 0 Å². The quantitative estimate of drug-likeness (QED) is 0.725. The highest BCUT2D eigenvalue weighted by molar-refractivity contribution is 5.67. The van der Waals surface area contributed by atoms with Crippen LogP contribution in [-0.4, -0.2) is 17.3 Å². The molecule has 1 saturated carbocycles. The van der Waals surface area contributed by atoms with Crippen LogP contribution in [0.15, 0.2) is 18.2 Å². The normalized spacial score (nSPS) is 28.1. The number of halogens is 1. The maximum Gasteiger partial charge on any atom is 0.148 e. The van der Waals surface area contributed by atoms with Crippen LogP contribution in [0.3, 0.4) is 0 Å². The summed E-state index contributed by atoms with van der Waals surface area (Å²) in [7, 11) is 0. The minimum Gasteiger partial charge on any atom is -0.395 e. The zero-order valence-corrected chi connectivity index (χ0v) is 10.7. The molecule has 1 aromatic carbocycles. The van der Waals surface area contributed by atoms with Crippen molar-refractivity contribution < 1.29 is 9.50 Å². The van der Waals surface area contributed by atoms with E-state index in [0.29, 0.717) is 11.6 Å². The first kappa shape index (κ1) is 13.1. The van der Waals surface area contributed by atoms with E-state index in [-0.39, 0.29) is 17.8 Å². The maximum absolute atomic E-state index is 13.4. The van der Waals surface area contributed by atoms with Gasteiger partial charge < -0.3 is 16.2 Å². The third kappa shape index (κ3) is 2.58. The van der Waals surface area contributed by atoms with Crippen LogP contribution in [0.2, 0.25) is 0 Å². The number of aliphatic hydroxyl groups is 1. The molecule has 1 aliphatic rings. The van der Waals surface area contributed by atoms with Gasteiger partial charge >= 0.3 is 0 Å². The number of benzene rings is 1. The standard InChI is InChI=1S/C14H21FN2O/c1-10-5-7-14(9-18,8-6-10)17-12-4-2-3-11(15)13(12)16/h2-4,10,17-18H,5-9,16H2,1H3. The van der Waals surface area contributed by atoms with Gasteiger partial charge in [-0.2, -0.15) is 0 Å². The van der Waals surface area contributed by atoms with E-state index in [1.54, 1.807) is 12.1 Å². The van der Waals surface area contributed by atoms with Crippen LogP contribution in [0.25, 0.3) is 0 Å². The van der Waals surface area contributed by atoms with E-state index in [4.69, 9.17) is 5.73 Å². The highest BCUT2D eigenvalue weighted by Gasteiger charge is 2.34. The molecule has 4 N–H and O–H groups in total. The summed E-state index contributed by atoms with van der Waals surface area (Å²) >= 11 is 0. The minimum atomic E-state index is -0.419. The summed E-state index contributed by atoms with van der Waals surface area (Å²) < 4.78 is 13.4. The molecule has 2 rings (SSSR count). The third-order valence-electron chi connectivity index (χ3n) is 3.99. The Morgan fingerprint density at radius 3 is 2.72 bits per heavy atom. The Hall–Kier alpha value is -1.29. The number of rotatable bonds is 3. The Kier molecular flexibility index (Phi) is 3.76. The zero-order valence-electron chi connectivity index (χ0n) is 10.7. The number of nitrogens with two attached hydrogens (primary N) is 1. The van der Waals surface area contributed by atoms with Gasteiger partial charge in [-0.05, 0) is 43.7 Å². The molecule has 18 heavy (non-hydrogen) atoms. The van der Waals surface area contributed by atoms with Crippen molar-refractivity contribution in [3.8, 4) is 0 Å². The average Bonchev–Trinajstić information content (AvgIpc) is 2.38. The fraction of sp³-hybridized carbons (Fsp3) is 0.571. The summed E-state index contributed by atoms with van der Waals surface area (Å²) in [6.45, 7) is 2.27. The molecule has 0 saturated heterocycles. The van der Waals surface area contributed by atoms with E-state index in [1.165, 1.54) is 6.07 Å². The summed E-state index contributed by atoms with van der Waals surface area (Å²) in [6, 6.07) is 4.73. The van der Waals surface area contributed by atoms with Gasteiger partial charge in [0.25, 0.3) is 0 Å². The molecule has 0 bridgehead atoms. The van der Waals surface area contributed by atoms with Gasteiger partial charge in [0.2, 0.25) is 0 Å². The van der Waals surface area contributed by atoms with Crippen molar-refractivity contribution in [2.45, 2.75) is 38.1 Å². The van der Waals surface area contributed by atoms with Crippen LogP contribution in [0.1, 0.15) is 32.6 Å². The number of aliphatic hydroxyl groups excluding tert-OH is 1. The Bertz CT molecular complexity index is 414. The molecule has 1 aliphatic carbocycles. The fourth-order valence-electron chi connectivity index (χ4n) is 2.57. The van der Waals surface area contributed by atoms with Crippen LogP contribution in [0.5, 0.6) is 0 Å². The van der Waals surface area contributed by atoms with Crippen molar-refractivity contribution in [2.24, 2.45) is 5.92 Å². The summed E-state index contributed by atoms with van der Waals surface area (Å²) in [5.74, 6) is 0.272. The van der Waals surface area contributed by atoms with Crippen LogP contribution in [0, 0.1) is 11.7 Å². The molecule has 1 aromatic rings. The number of nitrogen functional groups attached to an aromatic ring is 1. The van der Waals surface area contributed by atoms with Gasteiger partial charge in [-0.25, -0.2) is 4.39 Å². The van der Waals surface area contributed by atoms with Gasteiger partial charge in [0.1, 0.15) is 5.82 Å². The Labute approximate surface area is 107 Å². The molecule has 1 fully saturated rings. The molecule has 100 valence electrons. The number of hydrogen-bond acceptors (Lipinski definition) is 3. The lowest BCUT2D eigenvalue weighted by molar-refractivity contribution is 0.155. The van der Waals surface area contributed by atoms with E-state index in [9.17, 15) is 9.50 Å². The number of para-hydroxylation sites is 1. The van der Waals surface area contributed by atoms with E-state index >= 15 is 0 Å². The molecule has 0 aromatic heterocycles. The first-order valence-corrected chi connectivity index (χ1v) is 6.49. The van der Waals surface area contributed by atoms with Crippen molar-refractivity contribution in [1.82, 2.24) is 0 Å². The third-order valence-corrected chi connectivity index (χ3v) is 3.99. The summed E-state index contributed by atoms with van der Waals surface area (Å²) in [4.78, 5) is 0. The zero-order chi connectivity index (χ0) is 13.2. The summed E-state index contributed by atoms with van der Waals surface area (Å²) in [5.41, 5.74) is 6.08. The lowest BCUT2D eigenvalue weighted by Crippen LogP contribution is -2.45. The first-order chi connectivity index (χ1) is 8.56. The van der Waals surface area contributed by atoms with Gasteiger partial charge in [0.15, 0.2) is 0 Å². The first-order valence-electron chi connectivity index (χ1n) is 6.49. The number of anilines is 2. The molecular weight excluding hydrogens is 231 g/mol. The molecule has 0 unspecified atom stereocenters. The van der Waals surface area contributed by atoms with Gasteiger partial charge in [0.05, 0.1) is 23.5 Å². The van der Waals surface area contributed by atoms with Crippen LogP contribution >= 0.6 is 0 Å². The number of nitrogens with one attached hydrogen (secondary N) is 1. The van der Waals surface area contributed by atoms with E-state index in [1.807, 2.05) is 0 Å². The molecule has 3 nitrogen and oxygen atoms in total. The van der Waals surface area contributed by atoms with Crippen molar-refractivity contribution in [2.75, 3.05) is 17.7 Å². The second-order valence-electron chi connectivity index (χ2n) is 5.45. The lowest BCUT2D eigenvalue weighted by Gasteiger charge is -2.39. The Morgan fingerprint density at radius 1 is 1.44 bits per heavy atom. The largest absolute Gasteiger partial charge is 0.395 e. The second-order valence-corrected chi connectivity index (χ2v) is 5.45. The lowest BCUT2D eigenvalue weighted by atomic mass is 9.77. The van der Waals surface area contributed by atoms with E-state index in [2.05, 4.69) is 12.2 Å². The fourth-order valence-corrected chi connectivity index (χ4v) is 2.57. The van der Waals surface area contributed by atoms with Crippen LogP contribution in [0.4, 0.5) is 15.8 Å². The van der Waals surface area contributed by atoms with Gasteiger partial charge in [-0.15, -0.1) is 0 Å². The molecular formula is C14H21FN2O. The van der Waals surface area contributed by atoms with Crippen molar-refractivity contribution in [1.29, 1.82) is 0 Å². The molecule has 0 amide bonds. The van der Waals surface area contributed by atoms with Gasteiger partial charge in [-0.1, -0.05) is 13.0 Å². The summed E-state index contributed by atoms with van der Waals surface area (Å²) in [6.07, 6.45) is 3.92. The SMILES string of the molecule is CC1CCC(CO)(Nc2cccc(F)c2N)CC1. The second kappa shape index (κ2) is 5.14. The molecule has 0 aliphatic heterocycles. The Morgan fingerprint density at radius 2 is 2.11 bits per heavy atom. The Balaban J connectivity index is 2.17. The van der Waals surface area contributed by atoms with Crippen molar-refractivity contribution in [3.05, 3.63) is 24.0 Å². The molecule has 0 atom stereocenters. The highest BCUT2D eigenvalue weighted by atomic mass is 19.1. The molecule has 4 heteroatoms. The molecule has 0 spiro atoms. The van der Waals surface area contributed by atoms with Crippen molar-refractivity contribution in [3.63, 3.8) is 0 Å². The monoisotopic (exact) mass is 252 g/mol. The predicted octanol–water partition coefficient (Wildman–Crippen LogP) is 2.76.